The van der Waals surface area contributed by atoms with E-state index in [-0.39, 0.29) is 0 Å². The molecule has 1 aliphatic heterocycles. The normalized spacial score (nSPS) is 32.6. The quantitative estimate of drug-likeness (QED) is 0.884. The molecular weight excluding hydrogens is 248 g/mol. The lowest BCUT2D eigenvalue weighted by Crippen LogP contribution is -2.43. The van der Waals surface area contributed by atoms with E-state index in [1.807, 2.05) is 6.20 Å². The van der Waals surface area contributed by atoms with Gasteiger partial charge in [0, 0.05) is 32.2 Å². The van der Waals surface area contributed by atoms with Crippen LogP contribution in [0.15, 0.2) is 18.3 Å². The Hall–Kier alpha value is -1.29. The fraction of sp³-hybridized carbons (Fsp3) is 0.688. The van der Waals surface area contributed by atoms with Crippen LogP contribution in [0.1, 0.15) is 25.7 Å². The van der Waals surface area contributed by atoms with Crippen LogP contribution in [-0.4, -0.2) is 37.2 Å². The second-order valence-corrected chi connectivity index (χ2v) is 6.56. The molecule has 2 bridgehead atoms. The zero-order valence-corrected chi connectivity index (χ0v) is 12.0. The Kier molecular flexibility index (Phi) is 3.26. The van der Waals surface area contributed by atoms with E-state index in [2.05, 4.69) is 32.7 Å². The van der Waals surface area contributed by atoms with Crippen LogP contribution in [0, 0.1) is 11.8 Å². The van der Waals surface area contributed by atoms with Crippen molar-refractivity contribution in [1.82, 2.24) is 10.3 Å². The van der Waals surface area contributed by atoms with E-state index in [0.29, 0.717) is 6.04 Å². The van der Waals surface area contributed by atoms with Crippen LogP contribution in [0.5, 0.6) is 0 Å². The maximum Gasteiger partial charge on any atom is 0.126 e. The van der Waals surface area contributed by atoms with Crippen molar-refractivity contribution in [1.29, 1.82) is 0 Å². The largest absolute Gasteiger partial charge is 0.368 e. The predicted octanol–water partition coefficient (Wildman–Crippen LogP) is 2.09. The molecule has 4 heteroatoms. The average Bonchev–Trinajstić information content (AvgIpc) is 3.12. The summed E-state index contributed by atoms with van der Waals surface area (Å²) in [6, 6.07) is 5.04. The summed E-state index contributed by atoms with van der Waals surface area (Å²) in [7, 11) is 0. The molecule has 4 rings (SSSR count). The summed E-state index contributed by atoms with van der Waals surface area (Å²) < 4.78 is 0. The minimum Gasteiger partial charge on any atom is -0.368 e. The van der Waals surface area contributed by atoms with Crippen LogP contribution >= 0.6 is 0 Å². The highest BCUT2D eigenvalue weighted by atomic mass is 15.2. The third kappa shape index (κ3) is 2.37. The van der Waals surface area contributed by atoms with Gasteiger partial charge in [-0.05, 0) is 43.2 Å². The van der Waals surface area contributed by atoms with E-state index in [4.69, 9.17) is 0 Å². The van der Waals surface area contributed by atoms with Crippen LogP contribution in [0.25, 0.3) is 0 Å². The molecule has 3 unspecified atom stereocenters. The second kappa shape index (κ2) is 5.24. The molecule has 3 aliphatic rings. The van der Waals surface area contributed by atoms with Gasteiger partial charge in [0.25, 0.3) is 0 Å². The molecule has 0 spiro atoms. The lowest BCUT2D eigenvalue weighted by molar-refractivity contribution is 0.439. The van der Waals surface area contributed by atoms with Crippen molar-refractivity contribution in [3.63, 3.8) is 0 Å². The fourth-order valence-corrected chi connectivity index (χ4v) is 4.19. The second-order valence-electron chi connectivity index (χ2n) is 6.56. The Morgan fingerprint density at radius 2 is 2.05 bits per heavy atom. The van der Waals surface area contributed by atoms with Gasteiger partial charge in [0.05, 0.1) is 11.9 Å². The molecule has 1 saturated heterocycles. The van der Waals surface area contributed by atoms with Gasteiger partial charge in [-0.3, -0.25) is 0 Å². The molecule has 1 aromatic rings. The summed E-state index contributed by atoms with van der Waals surface area (Å²) >= 11 is 0. The van der Waals surface area contributed by atoms with Crippen molar-refractivity contribution in [3.8, 4) is 0 Å². The van der Waals surface area contributed by atoms with Crippen LogP contribution in [0.3, 0.4) is 0 Å². The molecule has 4 nitrogen and oxygen atoms in total. The number of nitrogens with one attached hydrogen (secondary N) is 2. The lowest BCUT2D eigenvalue weighted by Gasteiger charge is -2.29. The van der Waals surface area contributed by atoms with Crippen LogP contribution in [-0.2, 0) is 0 Å². The summed E-state index contributed by atoms with van der Waals surface area (Å²) in [6.07, 6.45) is 7.70. The van der Waals surface area contributed by atoms with Gasteiger partial charge in [0.2, 0.25) is 0 Å². The van der Waals surface area contributed by atoms with Gasteiger partial charge in [-0.2, -0.15) is 0 Å². The topological polar surface area (TPSA) is 40.2 Å². The van der Waals surface area contributed by atoms with Gasteiger partial charge in [0.1, 0.15) is 5.82 Å². The van der Waals surface area contributed by atoms with Gasteiger partial charge in [-0.15, -0.1) is 0 Å². The molecule has 0 aromatic carbocycles. The first kappa shape index (κ1) is 12.5. The van der Waals surface area contributed by atoms with Crippen molar-refractivity contribution in [2.75, 3.05) is 36.4 Å². The van der Waals surface area contributed by atoms with E-state index in [1.165, 1.54) is 31.4 Å². The minimum absolute atomic E-state index is 0.672. The molecule has 3 atom stereocenters. The van der Waals surface area contributed by atoms with Gasteiger partial charge in [-0.25, -0.2) is 4.98 Å². The van der Waals surface area contributed by atoms with Gasteiger partial charge < -0.3 is 15.5 Å². The average molecular weight is 272 g/mol. The summed E-state index contributed by atoms with van der Waals surface area (Å²) in [6.45, 7) is 4.32. The van der Waals surface area contributed by atoms with E-state index >= 15 is 0 Å². The standard InChI is InChI=1S/C16H24N4/c1-2-13-9-12(1)10-15(13)19-16-4-3-14(11-18-16)20-7-5-17-6-8-20/h3-4,11-13,15,17H,1-2,5-10H2,(H,18,19). The number of anilines is 2. The van der Waals surface area contributed by atoms with Gasteiger partial charge in [0.15, 0.2) is 0 Å². The van der Waals surface area contributed by atoms with E-state index in [0.717, 1.165) is 43.8 Å². The SMILES string of the molecule is c1cc(NC2CC3CCC2C3)ncc1N1CCNCC1. The Morgan fingerprint density at radius 3 is 2.70 bits per heavy atom. The summed E-state index contributed by atoms with van der Waals surface area (Å²) in [5.41, 5.74) is 1.25. The number of pyridine rings is 1. The van der Waals surface area contributed by atoms with Gasteiger partial charge >= 0.3 is 0 Å². The number of aromatic nitrogens is 1. The van der Waals surface area contributed by atoms with Crippen molar-refractivity contribution in [2.45, 2.75) is 31.7 Å². The molecule has 20 heavy (non-hydrogen) atoms. The lowest BCUT2D eigenvalue weighted by atomic mass is 9.95. The van der Waals surface area contributed by atoms with Crippen LogP contribution < -0.4 is 15.5 Å². The number of piperazine rings is 1. The van der Waals surface area contributed by atoms with E-state index in [1.54, 1.807) is 0 Å². The van der Waals surface area contributed by atoms with Gasteiger partial charge in [-0.1, -0.05) is 6.42 Å². The summed E-state index contributed by atoms with van der Waals surface area (Å²) in [5, 5.41) is 7.05. The van der Waals surface area contributed by atoms with E-state index in [9.17, 15) is 0 Å². The number of hydrogen-bond donors (Lipinski definition) is 2. The van der Waals surface area contributed by atoms with Crippen molar-refractivity contribution in [3.05, 3.63) is 18.3 Å². The first-order chi connectivity index (χ1) is 9.88. The third-order valence-electron chi connectivity index (χ3n) is 5.30. The maximum absolute atomic E-state index is 4.63. The Balaban J connectivity index is 1.39. The molecule has 2 aliphatic carbocycles. The van der Waals surface area contributed by atoms with Crippen LogP contribution in [0.4, 0.5) is 11.5 Å². The van der Waals surface area contributed by atoms with E-state index < -0.39 is 0 Å². The van der Waals surface area contributed by atoms with Crippen molar-refractivity contribution >= 4 is 11.5 Å². The number of fused-ring (bicyclic) bond motifs is 2. The highest BCUT2D eigenvalue weighted by Gasteiger charge is 2.39. The predicted molar refractivity (Wildman–Crippen MR) is 82.2 cm³/mol. The first-order valence-electron chi connectivity index (χ1n) is 8.07. The molecule has 2 N–H and O–H groups in total. The fourth-order valence-electron chi connectivity index (χ4n) is 4.19. The number of rotatable bonds is 3. The summed E-state index contributed by atoms with van der Waals surface area (Å²) in [5.74, 6) is 2.94. The Bertz CT molecular complexity index is 452. The molecule has 0 amide bonds. The highest BCUT2D eigenvalue weighted by Crippen LogP contribution is 2.45. The number of hydrogen-bond acceptors (Lipinski definition) is 4. The molecular formula is C16H24N4. The third-order valence-corrected chi connectivity index (χ3v) is 5.30. The molecule has 108 valence electrons. The molecule has 1 aromatic heterocycles. The Morgan fingerprint density at radius 1 is 1.15 bits per heavy atom. The molecule has 2 heterocycles. The zero-order valence-electron chi connectivity index (χ0n) is 12.0. The van der Waals surface area contributed by atoms with Crippen molar-refractivity contribution < 1.29 is 0 Å². The van der Waals surface area contributed by atoms with Crippen LogP contribution in [0.2, 0.25) is 0 Å². The molecule has 3 fully saturated rings. The zero-order chi connectivity index (χ0) is 13.4. The highest BCUT2D eigenvalue weighted by molar-refractivity contribution is 5.50. The summed E-state index contributed by atoms with van der Waals surface area (Å²) in [4.78, 5) is 7.04. The number of nitrogens with zero attached hydrogens (tertiary/aromatic N) is 2. The molecule has 0 radical (unpaired) electrons. The monoisotopic (exact) mass is 272 g/mol. The smallest absolute Gasteiger partial charge is 0.126 e. The minimum atomic E-state index is 0.672. The Labute approximate surface area is 121 Å². The maximum atomic E-state index is 4.63. The van der Waals surface area contributed by atoms with Crippen molar-refractivity contribution in [2.24, 2.45) is 11.8 Å². The first-order valence-corrected chi connectivity index (χ1v) is 8.07. The molecule has 2 saturated carbocycles.